The molecule has 2 heterocycles. The molecule has 176 valence electrons. The van der Waals surface area contributed by atoms with Crippen LogP contribution in [-0.4, -0.2) is 67.7 Å². The van der Waals surface area contributed by atoms with Gasteiger partial charge in [-0.1, -0.05) is 13.8 Å². The Morgan fingerprint density at radius 3 is 2.62 bits per heavy atom. The van der Waals surface area contributed by atoms with E-state index in [-0.39, 0.29) is 42.7 Å². The summed E-state index contributed by atoms with van der Waals surface area (Å²) >= 11 is 0. The molecule has 0 unspecified atom stereocenters. The smallest absolute Gasteiger partial charge is 0.319 e. The number of benzene rings is 1. The molecule has 0 radical (unpaired) electrons. The maximum absolute atomic E-state index is 13.2. The molecule has 9 nitrogen and oxygen atoms in total. The van der Waals surface area contributed by atoms with Crippen molar-refractivity contribution in [1.82, 2.24) is 15.5 Å². The Morgan fingerprint density at radius 1 is 1.12 bits per heavy atom. The van der Waals surface area contributed by atoms with E-state index >= 15 is 0 Å². The SMILES string of the molecule is CCCNC(=O)C[C@@H]1CC[C@@H]2[C@@H](COc3ccc(NC(=O)NCCC)cc3C(=O)N2C)O1. The Morgan fingerprint density at radius 2 is 1.88 bits per heavy atom. The molecular formula is C23H34N4O5. The van der Waals surface area contributed by atoms with Crippen molar-refractivity contribution in [2.45, 2.75) is 64.2 Å². The monoisotopic (exact) mass is 446 g/mol. The topological polar surface area (TPSA) is 109 Å². The molecule has 3 rings (SSSR count). The summed E-state index contributed by atoms with van der Waals surface area (Å²) in [5, 5.41) is 8.39. The molecule has 3 atom stereocenters. The molecule has 0 saturated carbocycles. The number of nitrogens with zero attached hydrogens (tertiary/aromatic N) is 1. The van der Waals surface area contributed by atoms with Crippen molar-refractivity contribution in [1.29, 1.82) is 0 Å². The van der Waals surface area contributed by atoms with Gasteiger partial charge in [0.25, 0.3) is 5.91 Å². The summed E-state index contributed by atoms with van der Waals surface area (Å²) < 4.78 is 12.1. The molecule has 1 fully saturated rings. The number of likely N-dealkylation sites (N-methyl/N-ethyl adjacent to an activating group) is 1. The number of amides is 4. The van der Waals surface area contributed by atoms with Gasteiger partial charge in [-0.25, -0.2) is 4.79 Å². The van der Waals surface area contributed by atoms with Crippen LogP contribution in [0, 0.1) is 0 Å². The Kier molecular flexibility index (Phi) is 8.33. The molecule has 2 aliphatic rings. The number of hydrogen-bond donors (Lipinski definition) is 3. The van der Waals surface area contributed by atoms with E-state index in [2.05, 4.69) is 16.0 Å². The van der Waals surface area contributed by atoms with E-state index in [1.54, 1.807) is 30.1 Å². The first kappa shape index (κ1) is 23.8. The van der Waals surface area contributed by atoms with Crippen LogP contribution in [0.5, 0.6) is 5.75 Å². The lowest BCUT2D eigenvalue weighted by Crippen LogP contribution is -2.54. The third kappa shape index (κ3) is 5.91. The largest absolute Gasteiger partial charge is 0.490 e. The van der Waals surface area contributed by atoms with Crippen molar-refractivity contribution in [3.05, 3.63) is 23.8 Å². The van der Waals surface area contributed by atoms with Gasteiger partial charge in [0.1, 0.15) is 18.5 Å². The van der Waals surface area contributed by atoms with E-state index in [4.69, 9.17) is 9.47 Å². The predicted octanol–water partition coefficient (Wildman–Crippen LogP) is 2.51. The predicted molar refractivity (Wildman–Crippen MR) is 121 cm³/mol. The van der Waals surface area contributed by atoms with Gasteiger partial charge >= 0.3 is 6.03 Å². The van der Waals surface area contributed by atoms with E-state index in [1.807, 2.05) is 13.8 Å². The Labute approximate surface area is 189 Å². The van der Waals surface area contributed by atoms with Crippen molar-refractivity contribution >= 4 is 23.5 Å². The molecule has 3 N–H and O–H groups in total. The average Bonchev–Trinajstić information content (AvgIpc) is 2.79. The number of hydrogen-bond acceptors (Lipinski definition) is 5. The molecule has 1 aromatic rings. The maximum Gasteiger partial charge on any atom is 0.319 e. The van der Waals surface area contributed by atoms with Gasteiger partial charge in [0, 0.05) is 25.8 Å². The number of ether oxygens (including phenoxy) is 2. The van der Waals surface area contributed by atoms with Crippen LogP contribution < -0.4 is 20.7 Å². The van der Waals surface area contributed by atoms with Gasteiger partial charge in [0.2, 0.25) is 5.91 Å². The number of nitrogens with one attached hydrogen (secondary N) is 3. The lowest BCUT2D eigenvalue weighted by Gasteiger charge is -2.42. The number of urea groups is 1. The van der Waals surface area contributed by atoms with E-state index in [9.17, 15) is 14.4 Å². The molecule has 9 heteroatoms. The van der Waals surface area contributed by atoms with Crippen molar-refractivity contribution in [2.24, 2.45) is 0 Å². The molecule has 0 aromatic heterocycles. The Hall–Kier alpha value is -2.81. The second-order valence-corrected chi connectivity index (χ2v) is 8.31. The lowest BCUT2D eigenvalue weighted by molar-refractivity contribution is -0.134. The van der Waals surface area contributed by atoms with Crippen LogP contribution in [0.4, 0.5) is 10.5 Å². The summed E-state index contributed by atoms with van der Waals surface area (Å²) in [7, 11) is 1.76. The molecule has 0 bridgehead atoms. The third-order valence-electron chi connectivity index (χ3n) is 5.79. The van der Waals surface area contributed by atoms with Crippen molar-refractivity contribution < 1.29 is 23.9 Å². The normalized spacial score (nSPS) is 22.5. The van der Waals surface area contributed by atoms with Gasteiger partial charge in [-0.2, -0.15) is 0 Å². The molecule has 1 saturated heterocycles. The van der Waals surface area contributed by atoms with Crippen molar-refractivity contribution in [2.75, 3.05) is 32.1 Å². The minimum Gasteiger partial charge on any atom is -0.490 e. The van der Waals surface area contributed by atoms with Gasteiger partial charge in [-0.15, -0.1) is 0 Å². The molecule has 1 aromatic carbocycles. The van der Waals surface area contributed by atoms with Gasteiger partial charge in [0.05, 0.1) is 24.1 Å². The van der Waals surface area contributed by atoms with E-state index < -0.39 is 0 Å². The Balaban J connectivity index is 1.69. The van der Waals surface area contributed by atoms with Crippen LogP contribution in [0.3, 0.4) is 0 Å². The van der Waals surface area contributed by atoms with Crippen molar-refractivity contribution in [3.8, 4) is 5.75 Å². The molecule has 0 spiro atoms. The molecule has 0 aliphatic carbocycles. The van der Waals surface area contributed by atoms with Crippen LogP contribution in [0.25, 0.3) is 0 Å². The van der Waals surface area contributed by atoms with Crippen LogP contribution in [0.15, 0.2) is 18.2 Å². The minimum absolute atomic E-state index is 0.0140. The summed E-state index contributed by atoms with van der Waals surface area (Å²) in [5.74, 6) is 0.251. The third-order valence-corrected chi connectivity index (χ3v) is 5.79. The first-order valence-corrected chi connectivity index (χ1v) is 11.4. The zero-order valence-electron chi connectivity index (χ0n) is 19.1. The minimum atomic E-state index is -0.313. The molecule has 4 amide bonds. The van der Waals surface area contributed by atoms with Crippen molar-refractivity contribution in [3.63, 3.8) is 0 Å². The fraction of sp³-hybridized carbons (Fsp3) is 0.609. The standard InChI is InChI=1S/C23H34N4O5/c1-4-10-24-21(28)13-16-7-8-18-20(32-16)14-31-19-9-6-15(26-23(30)25-11-5-2)12-17(19)22(29)27(18)3/h6,9,12,16,18,20H,4-5,7-8,10-11,13-14H2,1-3H3,(H,24,28)(H2,25,26,30)/t16-,18+,20+/m0/s1. The highest BCUT2D eigenvalue weighted by atomic mass is 16.5. The highest BCUT2D eigenvalue weighted by Gasteiger charge is 2.39. The lowest BCUT2D eigenvalue weighted by atomic mass is 9.94. The van der Waals surface area contributed by atoms with Gasteiger partial charge < -0.3 is 30.3 Å². The summed E-state index contributed by atoms with van der Waals surface area (Å²) in [6.07, 6.45) is 2.97. The number of anilines is 1. The summed E-state index contributed by atoms with van der Waals surface area (Å²) in [4.78, 5) is 39.0. The van der Waals surface area contributed by atoms with Crippen LogP contribution in [-0.2, 0) is 9.53 Å². The maximum atomic E-state index is 13.2. The van der Waals surface area contributed by atoms with Crippen LogP contribution >= 0.6 is 0 Å². The van der Waals surface area contributed by atoms with E-state index in [0.717, 1.165) is 19.3 Å². The van der Waals surface area contributed by atoms with Crippen LogP contribution in [0.1, 0.15) is 56.3 Å². The molecule has 2 aliphatic heterocycles. The fourth-order valence-electron chi connectivity index (χ4n) is 4.06. The second-order valence-electron chi connectivity index (χ2n) is 8.31. The quantitative estimate of drug-likeness (QED) is 0.596. The summed E-state index contributed by atoms with van der Waals surface area (Å²) in [6, 6.07) is 4.59. The Bertz CT molecular complexity index is 831. The number of carbonyl (C=O) groups excluding carboxylic acids is 3. The first-order valence-electron chi connectivity index (χ1n) is 11.4. The highest BCUT2D eigenvalue weighted by molar-refractivity contribution is 5.99. The van der Waals surface area contributed by atoms with E-state index in [1.165, 1.54) is 0 Å². The van der Waals surface area contributed by atoms with Gasteiger partial charge in [0.15, 0.2) is 0 Å². The summed E-state index contributed by atoms with van der Waals surface area (Å²) in [5.41, 5.74) is 0.929. The van der Waals surface area contributed by atoms with E-state index in [0.29, 0.717) is 42.9 Å². The number of carbonyl (C=O) groups is 3. The fourth-order valence-corrected chi connectivity index (χ4v) is 4.06. The molecular weight excluding hydrogens is 412 g/mol. The average molecular weight is 447 g/mol. The number of rotatable bonds is 7. The second kappa shape index (κ2) is 11.2. The first-order chi connectivity index (χ1) is 15.4. The zero-order valence-corrected chi connectivity index (χ0v) is 19.1. The zero-order chi connectivity index (χ0) is 23.1. The van der Waals surface area contributed by atoms with Crippen LogP contribution in [0.2, 0.25) is 0 Å². The summed E-state index contributed by atoms with van der Waals surface area (Å²) in [6.45, 7) is 5.51. The number of fused-ring (bicyclic) bond motifs is 2. The molecule has 32 heavy (non-hydrogen) atoms. The van der Waals surface area contributed by atoms with Gasteiger partial charge in [-0.3, -0.25) is 9.59 Å². The highest BCUT2D eigenvalue weighted by Crippen LogP contribution is 2.32. The van der Waals surface area contributed by atoms with Gasteiger partial charge in [-0.05, 0) is 43.9 Å².